The third-order valence-electron chi connectivity index (χ3n) is 3.36. The molecule has 1 aliphatic rings. The highest BCUT2D eigenvalue weighted by Crippen LogP contribution is 2.25. The van der Waals surface area contributed by atoms with Crippen molar-refractivity contribution >= 4 is 5.97 Å². The minimum atomic E-state index is -0.225. The van der Waals surface area contributed by atoms with Gasteiger partial charge in [0.05, 0.1) is 13.0 Å². The zero-order valence-corrected chi connectivity index (χ0v) is 12.5. The summed E-state index contributed by atoms with van der Waals surface area (Å²) >= 11 is 0. The van der Waals surface area contributed by atoms with Crippen LogP contribution in [0, 0.1) is 0 Å². The number of ether oxygens (including phenoxy) is 2. The Balaban J connectivity index is 1.97. The van der Waals surface area contributed by atoms with Gasteiger partial charge in [-0.25, -0.2) is 0 Å². The van der Waals surface area contributed by atoms with E-state index in [4.69, 9.17) is 9.47 Å². The summed E-state index contributed by atoms with van der Waals surface area (Å²) in [6.45, 7) is 3.08. The highest BCUT2D eigenvalue weighted by Gasteiger charge is 2.15. The molecule has 0 aromatic heterocycles. The molecule has 3 nitrogen and oxygen atoms in total. The van der Waals surface area contributed by atoms with Crippen molar-refractivity contribution in [2.75, 3.05) is 13.2 Å². The van der Waals surface area contributed by atoms with Crippen LogP contribution in [0.25, 0.3) is 0 Å². The van der Waals surface area contributed by atoms with E-state index in [0.717, 1.165) is 30.4 Å². The Morgan fingerprint density at radius 2 is 2.10 bits per heavy atom. The molecule has 1 aromatic rings. The zero-order chi connectivity index (χ0) is 14.9. The quantitative estimate of drug-likeness (QED) is 0.434. The van der Waals surface area contributed by atoms with Crippen molar-refractivity contribution in [3.05, 3.63) is 59.4 Å². The zero-order valence-electron chi connectivity index (χ0n) is 12.5. The summed E-state index contributed by atoms with van der Waals surface area (Å²) in [6.07, 6.45) is 7.45. The molecule has 1 aliphatic carbocycles. The van der Waals surface area contributed by atoms with Crippen molar-refractivity contribution < 1.29 is 14.3 Å². The first-order valence-electron chi connectivity index (χ1n) is 7.51. The van der Waals surface area contributed by atoms with Gasteiger partial charge in [0.1, 0.15) is 5.76 Å². The van der Waals surface area contributed by atoms with Crippen molar-refractivity contribution in [2.45, 2.75) is 32.6 Å². The number of carbonyl (C=O) groups excluding carboxylic acids is 1. The predicted octanol–water partition coefficient (Wildman–Crippen LogP) is 3.80. The molecule has 2 rings (SSSR count). The topological polar surface area (TPSA) is 35.5 Å². The molecule has 3 heteroatoms. The van der Waals surface area contributed by atoms with E-state index < -0.39 is 0 Å². The van der Waals surface area contributed by atoms with Gasteiger partial charge in [0, 0.05) is 6.61 Å². The summed E-state index contributed by atoms with van der Waals surface area (Å²) in [4.78, 5) is 12.1. The number of hydrogen-bond donors (Lipinski definition) is 0. The molecule has 0 unspecified atom stereocenters. The summed E-state index contributed by atoms with van der Waals surface area (Å²) in [6, 6.07) is 9.65. The van der Waals surface area contributed by atoms with Gasteiger partial charge in [0.25, 0.3) is 0 Å². The molecule has 1 aromatic carbocycles. The average Bonchev–Trinajstić information content (AvgIpc) is 3.01. The van der Waals surface area contributed by atoms with Gasteiger partial charge in [-0.1, -0.05) is 36.4 Å². The van der Waals surface area contributed by atoms with Gasteiger partial charge in [-0.15, -0.1) is 0 Å². The molecule has 0 radical (unpaired) electrons. The lowest BCUT2D eigenvalue weighted by Gasteiger charge is -2.10. The molecule has 0 amide bonds. The van der Waals surface area contributed by atoms with Gasteiger partial charge in [-0.3, -0.25) is 4.79 Å². The molecular weight excluding hydrogens is 264 g/mol. The number of allylic oxidation sites excluding steroid dienone is 2. The largest absolute Gasteiger partial charge is 0.426 e. The van der Waals surface area contributed by atoms with E-state index in [-0.39, 0.29) is 5.97 Å². The van der Waals surface area contributed by atoms with Crippen molar-refractivity contribution in [3.8, 4) is 0 Å². The monoisotopic (exact) mass is 286 g/mol. The second kappa shape index (κ2) is 8.42. The minimum absolute atomic E-state index is 0.225. The van der Waals surface area contributed by atoms with E-state index in [1.165, 1.54) is 0 Å². The number of esters is 1. The molecule has 112 valence electrons. The first kappa shape index (κ1) is 15.5. The van der Waals surface area contributed by atoms with Crippen LogP contribution >= 0.6 is 0 Å². The van der Waals surface area contributed by atoms with Crippen LogP contribution in [0.4, 0.5) is 0 Å². The Hall–Kier alpha value is -1.87. The molecule has 0 fully saturated rings. The Kier molecular flexibility index (Phi) is 6.22. The SMILES string of the molecule is CCOC/C=C(/OC(=O)Cc1ccccc1)C1=CCCC1. The van der Waals surface area contributed by atoms with Gasteiger partial charge < -0.3 is 9.47 Å². The smallest absolute Gasteiger partial charge is 0.315 e. The van der Waals surface area contributed by atoms with Crippen molar-refractivity contribution in [3.63, 3.8) is 0 Å². The molecule has 0 N–H and O–H groups in total. The van der Waals surface area contributed by atoms with Crippen molar-refractivity contribution in [1.82, 2.24) is 0 Å². The van der Waals surface area contributed by atoms with Gasteiger partial charge in [-0.2, -0.15) is 0 Å². The Morgan fingerprint density at radius 3 is 2.76 bits per heavy atom. The fraction of sp³-hybridized carbons (Fsp3) is 0.389. The Bertz CT molecular complexity index is 515. The van der Waals surface area contributed by atoms with E-state index >= 15 is 0 Å². The minimum Gasteiger partial charge on any atom is -0.426 e. The Labute approximate surface area is 126 Å². The van der Waals surface area contributed by atoms with Crippen LogP contribution in [-0.2, 0) is 20.7 Å². The van der Waals surface area contributed by atoms with Crippen LogP contribution in [0.3, 0.4) is 0 Å². The van der Waals surface area contributed by atoms with Gasteiger partial charge in [0.15, 0.2) is 0 Å². The van der Waals surface area contributed by atoms with Crippen molar-refractivity contribution in [2.24, 2.45) is 0 Å². The fourth-order valence-corrected chi connectivity index (χ4v) is 2.31. The number of hydrogen-bond acceptors (Lipinski definition) is 3. The molecule has 0 bridgehead atoms. The lowest BCUT2D eigenvalue weighted by molar-refractivity contribution is -0.138. The molecule has 0 saturated carbocycles. The maximum Gasteiger partial charge on any atom is 0.315 e. The van der Waals surface area contributed by atoms with E-state index in [1.807, 2.05) is 43.3 Å². The summed E-state index contributed by atoms with van der Waals surface area (Å²) < 4.78 is 10.9. The molecule has 0 atom stereocenters. The second-order valence-corrected chi connectivity index (χ2v) is 4.99. The van der Waals surface area contributed by atoms with Crippen LogP contribution in [0.15, 0.2) is 53.8 Å². The number of rotatable bonds is 7. The maximum atomic E-state index is 12.1. The molecule has 21 heavy (non-hydrogen) atoms. The summed E-state index contributed by atoms with van der Waals surface area (Å²) in [5.74, 6) is 0.443. The molecule has 0 aliphatic heterocycles. The summed E-state index contributed by atoms with van der Waals surface area (Å²) in [7, 11) is 0. The maximum absolute atomic E-state index is 12.1. The highest BCUT2D eigenvalue weighted by atomic mass is 16.5. The standard InChI is InChI=1S/C18H22O3/c1-2-20-13-12-17(16-10-6-7-11-16)21-18(19)14-15-8-4-3-5-9-15/h3-5,8-10,12H,2,6-7,11,13-14H2,1H3/b17-12+. The second-order valence-electron chi connectivity index (χ2n) is 4.99. The normalized spacial score (nSPS) is 14.9. The van der Waals surface area contributed by atoms with Gasteiger partial charge in [0.2, 0.25) is 0 Å². The van der Waals surface area contributed by atoms with Crippen LogP contribution in [0.2, 0.25) is 0 Å². The number of carbonyl (C=O) groups is 1. The third kappa shape index (κ3) is 5.20. The van der Waals surface area contributed by atoms with E-state index in [1.54, 1.807) is 0 Å². The first-order valence-corrected chi connectivity index (χ1v) is 7.51. The average molecular weight is 286 g/mol. The summed E-state index contributed by atoms with van der Waals surface area (Å²) in [5.41, 5.74) is 2.09. The van der Waals surface area contributed by atoms with Gasteiger partial charge in [-0.05, 0) is 43.4 Å². The molecular formula is C18H22O3. The Morgan fingerprint density at radius 1 is 1.29 bits per heavy atom. The third-order valence-corrected chi connectivity index (χ3v) is 3.36. The van der Waals surface area contributed by atoms with Crippen LogP contribution in [-0.4, -0.2) is 19.2 Å². The van der Waals surface area contributed by atoms with Crippen LogP contribution in [0.1, 0.15) is 31.7 Å². The van der Waals surface area contributed by atoms with Crippen molar-refractivity contribution in [1.29, 1.82) is 0 Å². The molecule has 0 saturated heterocycles. The van der Waals surface area contributed by atoms with E-state index in [0.29, 0.717) is 25.4 Å². The highest BCUT2D eigenvalue weighted by molar-refractivity contribution is 5.74. The molecule has 0 spiro atoms. The fourth-order valence-electron chi connectivity index (χ4n) is 2.31. The lowest BCUT2D eigenvalue weighted by atomic mass is 10.1. The molecule has 0 heterocycles. The van der Waals surface area contributed by atoms with Crippen LogP contribution in [0.5, 0.6) is 0 Å². The number of benzene rings is 1. The first-order chi connectivity index (χ1) is 10.3. The van der Waals surface area contributed by atoms with Gasteiger partial charge >= 0.3 is 5.97 Å². The van der Waals surface area contributed by atoms with E-state index in [2.05, 4.69) is 6.08 Å². The predicted molar refractivity (Wildman–Crippen MR) is 82.7 cm³/mol. The van der Waals surface area contributed by atoms with E-state index in [9.17, 15) is 4.79 Å². The lowest BCUT2D eigenvalue weighted by Crippen LogP contribution is -2.09. The summed E-state index contributed by atoms with van der Waals surface area (Å²) in [5, 5.41) is 0. The van der Waals surface area contributed by atoms with Crippen LogP contribution < -0.4 is 0 Å².